The third-order valence-electron chi connectivity index (χ3n) is 6.53. The Morgan fingerprint density at radius 2 is 1.69 bits per heavy atom. The van der Waals surface area contributed by atoms with E-state index in [0.717, 1.165) is 10.8 Å². The molecular weight excluding hydrogens is 446 g/mol. The van der Waals surface area contributed by atoms with E-state index in [-0.39, 0.29) is 5.56 Å². The Hall–Kier alpha value is -2.30. The molecule has 2 fully saturated rings. The Morgan fingerprint density at radius 1 is 1.00 bits per heavy atom. The third kappa shape index (κ3) is 4.06. The van der Waals surface area contributed by atoms with Crippen LogP contribution in [0.4, 0.5) is 5.13 Å². The lowest BCUT2D eigenvalue weighted by Crippen LogP contribution is -2.48. The van der Waals surface area contributed by atoms with Crippen molar-refractivity contribution >= 4 is 31.5 Å². The number of benzene rings is 1. The van der Waals surface area contributed by atoms with Crippen LogP contribution in [0.2, 0.25) is 0 Å². The van der Waals surface area contributed by atoms with E-state index in [4.69, 9.17) is 0 Å². The highest BCUT2D eigenvalue weighted by Gasteiger charge is 2.30. The number of rotatable bonds is 4. The second-order valence-electron chi connectivity index (χ2n) is 8.61. The number of sulfonamides is 1. The summed E-state index contributed by atoms with van der Waals surface area (Å²) in [5, 5.41) is 5.32. The Bertz CT molecular complexity index is 1270. The maximum Gasteiger partial charge on any atom is 0.274 e. The van der Waals surface area contributed by atoms with Crippen molar-refractivity contribution in [3.8, 4) is 0 Å². The van der Waals surface area contributed by atoms with Crippen molar-refractivity contribution in [1.82, 2.24) is 18.9 Å². The highest BCUT2D eigenvalue weighted by molar-refractivity contribution is 7.89. The van der Waals surface area contributed by atoms with E-state index in [1.54, 1.807) is 21.0 Å². The van der Waals surface area contributed by atoms with Gasteiger partial charge in [0.2, 0.25) is 20.1 Å². The summed E-state index contributed by atoms with van der Waals surface area (Å²) in [7, 11) is -3.52. The van der Waals surface area contributed by atoms with Gasteiger partial charge in [0.15, 0.2) is 0 Å². The minimum absolute atomic E-state index is 0.275. The quantitative estimate of drug-likeness (QED) is 0.579. The van der Waals surface area contributed by atoms with E-state index < -0.39 is 10.0 Å². The van der Waals surface area contributed by atoms with Crippen molar-refractivity contribution in [2.75, 3.05) is 31.1 Å². The van der Waals surface area contributed by atoms with E-state index in [2.05, 4.69) is 15.0 Å². The van der Waals surface area contributed by atoms with E-state index >= 15 is 0 Å². The number of anilines is 1. The van der Waals surface area contributed by atoms with Gasteiger partial charge in [0.05, 0.1) is 4.90 Å². The van der Waals surface area contributed by atoms with E-state index in [1.165, 1.54) is 55.1 Å². The maximum absolute atomic E-state index is 13.2. The van der Waals surface area contributed by atoms with Crippen LogP contribution >= 0.6 is 11.3 Å². The summed E-state index contributed by atoms with van der Waals surface area (Å²) >= 11 is 1.35. The van der Waals surface area contributed by atoms with Gasteiger partial charge < -0.3 is 4.90 Å². The molecule has 1 aliphatic heterocycles. The predicted octanol–water partition coefficient (Wildman–Crippen LogP) is 3.02. The van der Waals surface area contributed by atoms with Crippen LogP contribution in [0.15, 0.2) is 40.0 Å². The third-order valence-corrected chi connectivity index (χ3v) is 9.41. The summed E-state index contributed by atoms with van der Waals surface area (Å²) in [5.74, 6) is 0.562. The molecule has 0 spiro atoms. The Labute approximate surface area is 191 Å². The molecule has 8 nitrogen and oxygen atoms in total. The zero-order valence-corrected chi connectivity index (χ0v) is 19.7. The predicted molar refractivity (Wildman–Crippen MR) is 125 cm³/mol. The van der Waals surface area contributed by atoms with Crippen LogP contribution in [0.5, 0.6) is 0 Å². The van der Waals surface area contributed by atoms with Gasteiger partial charge >= 0.3 is 0 Å². The molecule has 10 heteroatoms. The van der Waals surface area contributed by atoms with Gasteiger partial charge in [0, 0.05) is 37.9 Å². The number of fused-ring (bicyclic) bond motifs is 1. The number of aryl methyl sites for hydroxylation is 1. The number of nitrogens with zero attached hydrogens (tertiary/aromatic N) is 5. The number of piperazine rings is 1. The summed E-state index contributed by atoms with van der Waals surface area (Å²) in [6.07, 6.45) is 6.22. The lowest BCUT2D eigenvalue weighted by molar-refractivity contribution is 0.384. The second kappa shape index (κ2) is 8.57. The lowest BCUT2D eigenvalue weighted by Gasteiger charge is -2.33. The molecule has 1 aromatic carbocycles. The first-order valence-electron chi connectivity index (χ1n) is 11.1. The van der Waals surface area contributed by atoms with Gasteiger partial charge in [-0.15, -0.1) is 5.10 Å². The number of hydrogen-bond acceptors (Lipinski definition) is 7. The van der Waals surface area contributed by atoms with Crippen molar-refractivity contribution in [2.24, 2.45) is 0 Å². The summed E-state index contributed by atoms with van der Waals surface area (Å²) in [4.78, 5) is 18.6. The first-order valence-corrected chi connectivity index (χ1v) is 13.4. The molecule has 1 saturated heterocycles. The summed E-state index contributed by atoms with van der Waals surface area (Å²) in [6.45, 7) is 3.70. The molecule has 5 rings (SSSR count). The highest BCUT2D eigenvalue weighted by Crippen LogP contribution is 2.33. The van der Waals surface area contributed by atoms with Gasteiger partial charge in [0.1, 0.15) is 0 Å². The Morgan fingerprint density at radius 3 is 2.38 bits per heavy atom. The van der Waals surface area contributed by atoms with Gasteiger partial charge in [-0.25, -0.2) is 12.9 Å². The Balaban J connectivity index is 1.28. The van der Waals surface area contributed by atoms with Crippen molar-refractivity contribution in [1.29, 1.82) is 0 Å². The minimum Gasteiger partial charge on any atom is -0.344 e. The summed E-state index contributed by atoms with van der Waals surface area (Å²) in [5.41, 5.74) is 1.72. The fraction of sp³-hybridized carbons (Fsp3) is 0.500. The molecule has 0 amide bonds. The molecule has 2 aromatic heterocycles. The molecule has 0 N–H and O–H groups in total. The SMILES string of the molecule is Cc1cc(=O)nc2sc(N3CCN(S(=O)(=O)c4ccc(C5CCCCC5)cc4)CC3)nn12. The normalized spacial score (nSPS) is 19.0. The molecule has 0 atom stereocenters. The van der Waals surface area contributed by atoms with Crippen LogP contribution in [-0.4, -0.2) is 53.5 Å². The average Bonchev–Trinajstić information content (AvgIpc) is 3.24. The molecular formula is C22H27N5O3S2. The van der Waals surface area contributed by atoms with Crippen LogP contribution in [0.1, 0.15) is 49.3 Å². The van der Waals surface area contributed by atoms with Crippen molar-refractivity contribution in [3.05, 3.63) is 51.9 Å². The first kappa shape index (κ1) is 21.5. The number of hydrogen-bond donors (Lipinski definition) is 0. The fourth-order valence-corrected chi connectivity index (χ4v) is 7.11. The van der Waals surface area contributed by atoms with Crippen LogP contribution in [-0.2, 0) is 10.0 Å². The standard InChI is InChI=1S/C22H27N5O3S2/c1-16-15-20(28)23-21-27(16)24-22(31-21)25-11-13-26(14-12-25)32(29,30)19-9-7-18(8-10-19)17-5-3-2-4-6-17/h7-10,15,17H,2-6,11-14H2,1H3. The molecule has 1 aliphatic carbocycles. The van der Waals surface area contributed by atoms with E-state index in [9.17, 15) is 13.2 Å². The fourth-order valence-electron chi connectivity index (χ4n) is 4.68. The monoisotopic (exact) mass is 473 g/mol. The smallest absolute Gasteiger partial charge is 0.274 e. The van der Waals surface area contributed by atoms with Crippen LogP contribution in [0.25, 0.3) is 4.96 Å². The molecule has 3 heterocycles. The second-order valence-corrected chi connectivity index (χ2v) is 11.5. The molecule has 0 radical (unpaired) electrons. The molecule has 1 saturated carbocycles. The average molecular weight is 474 g/mol. The molecule has 2 aliphatic rings. The first-order chi connectivity index (χ1) is 15.4. The van der Waals surface area contributed by atoms with Crippen molar-refractivity contribution in [3.63, 3.8) is 0 Å². The maximum atomic E-state index is 13.2. The topological polar surface area (TPSA) is 87.9 Å². The van der Waals surface area contributed by atoms with Crippen molar-refractivity contribution in [2.45, 2.75) is 49.8 Å². The number of aromatic nitrogens is 3. The molecule has 32 heavy (non-hydrogen) atoms. The Kier molecular flexibility index (Phi) is 5.77. The molecule has 170 valence electrons. The zero-order chi connectivity index (χ0) is 22.3. The summed E-state index contributed by atoms with van der Waals surface area (Å²) < 4.78 is 29.6. The van der Waals surface area contributed by atoms with Gasteiger partial charge in [0.25, 0.3) is 5.56 Å². The molecule has 3 aromatic rings. The van der Waals surface area contributed by atoms with Gasteiger partial charge in [-0.05, 0) is 43.4 Å². The van der Waals surface area contributed by atoms with Crippen LogP contribution < -0.4 is 10.5 Å². The minimum atomic E-state index is -3.52. The van der Waals surface area contributed by atoms with E-state index in [1.807, 2.05) is 19.1 Å². The largest absolute Gasteiger partial charge is 0.344 e. The lowest BCUT2D eigenvalue weighted by atomic mass is 9.84. The molecule has 0 unspecified atom stereocenters. The van der Waals surface area contributed by atoms with Gasteiger partial charge in [-0.1, -0.05) is 42.7 Å². The van der Waals surface area contributed by atoms with Gasteiger partial charge in [-0.3, -0.25) is 4.79 Å². The van der Waals surface area contributed by atoms with Crippen molar-refractivity contribution < 1.29 is 8.42 Å². The van der Waals surface area contributed by atoms with Crippen LogP contribution in [0, 0.1) is 6.92 Å². The molecule has 0 bridgehead atoms. The van der Waals surface area contributed by atoms with Crippen LogP contribution in [0.3, 0.4) is 0 Å². The summed E-state index contributed by atoms with van der Waals surface area (Å²) in [6, 6.07) is 8.99. The van der Waals surface area contributed by atoms with E-state index in [0.29, 0.717) is 42.0 Å². The highest BCUT2D eigenvalue weighted by atomic mass is 32.2. The zero-order valence-electron chi connectivity index (χ0n) is 18.1. The van der Waals surface area contributed by atoms with Gasteiger partial charge in [-0.2, -0.15) is 9.29 Å².